The van der Waals surface area contributed by atoms with E-state index in [9.17, 15) is 9.59 Å². The van der Waals surface area contributed by atoms with E-state index in [0.717, 1.165) is 51.4 Å². The Hall–Kier alpha value is -1.19. The van der Waals surface area contributed by atoms with Crippen LogP contribution in [0.1, 0.15) is 148 Å². The van der Waals surface area contributed by atoms with E-state index in [-0.39, 0.29) is 11.9 Å². The third-order valence-corrected chi connectivity index (χ3v) is 5.93. The highest BCUT2D eigenvalue weighted by Crippen LogP contribution is 2.14. The largest absolute Gasteiger partial charge is 0.466 e. The zero-order valence-corrected chi connectivity index (χ0v) is 21.3. The van der Waals surface area contributed by atoms with Crippen molar-refractivity contribution < 1.29 is 19.1 Å². The molecule has 0 unspecified atom stereocenters. The van der Waals surface area contributed by atoms with E-state index in [1.165, 1.54) is 77.0 Å². The van der Waals surface area contributed by atoms with Crippen LogP contribution >= 0.6 is 0 Å². The maximum atomic E-state index is 11.8. The van der Waals surface area contributed by atoms with E-state index < -0.39 is 0 Å². The number of unbranched alkanes of at least 4 members (excludes halogenated alkanes) is 17. The molecule has 0 aliphatic rings. The van der Waals surface area contributed by atoms with E-state index in [2.05, 4.69) is 13.8 Å². The van der Waals surface area contributed by atoms with Crippen molar-refractivity contribution >= 4 is 11.9 Å². The van der Waals surface area contributed by atoms with E-state index in [1.54, 1.807) is 0 Å². The maximum Gasteiger partial charge on any atom is 0.305 e. The topological polar surface area (TPSA) is 52.6 Å². The van der Waals surface area contributed by atoms with Crippen LogP contribution in [0.5, 0.6) is 0 Å². The van der Waals surface area contributed by atoms with Crippen LogP contribution in [-0.4, -0.2) is 25.2 Å². The molecule has 0 saturated carbocycles. The van der Waals surface area contributed by atoms with Gasteiger partial charge in [-0.05, 0) is 38.5 Å². The highest BCUT2D eigenvalue weighted by molar-refractivity contribution is 5.69. The van der Waals surface area contributed by atoms with E-state index in [1.807, 2.05) is 0 Å². The molecule has 0 aromatic carbocycles. The summed E-state index contributed by atoms with van der Waals surface area (Å²) in [7, 11) is 0. The highest BCUT2D eigenvalue weighted by Gasteiger charge is 2.04. The third-order valence-electron chi connectivity index (χ3n) is 5.93. The molecular weight excluding hydrogens is 400 g/mol. The summed E-state index contributed by atoms with van der Waals surface area (Å²) in [6.07, 6.45) is 25.0. The number of esters is 2. The predicted octanol–water partition coefficient (Wildman–Crippen LogP) is 8.51. The summed E-state index contributed by atoms with van der Waals surface area (Å²) in [6, 6.07) is 0. The van der Waals surface area contributed by atoms with Crippen LogP contribution in [0, 0.1) is 6.92 Å². The molecule has 0 aromatic heterocycles. The van der Waals surface area contributed by atoms with Crippen LogP contribution in [-0.2, 0) is 19.1 Å². The minimum Gasteiger partial charge on any atom is -0.466 e. The summed E-state index contributed by atoms with van der Waals surface area (Å²) in [5.41, 5.74) is 0. The number of rotatable bonds is 25. The molecule has 0 N–H and O–H groups in total. The SMILES string of the molecule is [CH2+]CCCCCCCCCCCCCCCCC(=O)OCCCCOC(=O)CCCCC. The van der Waals surface area contributed by atoms with Gasteiger partial charge in [-0.1, -0.05) is 90.4 Å². The summed E-state index contributed by atoms with van der Waals surface area (Å²) in [4.78, 5) is 23.2. The van der Waals surface area contributed by atoms with Crippen LogP contribution in [0.15, 0.2) is 0 Å². The fraction of sp³-hybridized carbons (Fsp3) is 0.893. The summed E-state index contributed by atoms with van der Waals surface area (Å²) >= 11 is 0. The fourth-order valence-electron chi connectivity index (χ4n) is 3.81. The first-order valence-electron chi connectivity index (χ1n) is 13.8. The second kappa shape index (κ2) is 26.1. The fourth-order valence-corrected chi connectivity index (χ4v) is 3.81. The number of carbonyl (C=O) groups is 2. The van der Waals surface area contributed by atoms with Crippen LogP contribution in [0.3, 0.4) is 0 Å². The van der Waals surface area contributed by atoms with Crippen molar-refractivity contribution in [3.05, 3.63) is 6.92 Å². The normalized spacial score (nSPS) is 10.9. The molecule has 4 heteroatoms. The van der Waals surface area contributed by atoms with Gasteiger partial charge in [-0.25, -0.2) is 0 Å². The molecule has 0 spiro atoms. The third kappa shape index (κ3) is 25.1. The second-order valence-corrected chi connectivity index (χ2v) is 9.16. The number of carbonyl (C=O) groups excluding carboxylic acids is 2. The monoisotopic (exact) mass is 453 g/mol. The van der Waals surface area contributed by atoms with Crippen molar-refractivity contribution in [2.75, 3.05) is 13.2 Å². The molecule has 0 aromatic rings. The minimum absolute atomic E-state index is 0.0899. The lowest BCUT2D eigenvalue weighted by Crippen LogP contribution is -2.08. The van der Waals surface area contributed by atoms with Gasteiger partial charge in [0.05, 0.1) is 26.6 Å². The molecule has 0 aliphatic heterocycles. The van der Waals surface area contributed by atoms with Gasteiger partial charge in [-0.2, -0.15) is 0 Å². The van der Waals surface area contributed by atoms with Crippen molar-refractivity contribution in [1.29, 1.82) is 0 Å². The lowest BCUT2D eigenvalue weighted by Gasteiger charge is -2.06. The van der Waals surface area contributed by atoms with Gasteiger partial charge in [0.25, 0.3) is 0 Å². The Morgan fingerprint density at radius 3 is 1.22 bits per heavy atom. The first kappa shape index (κ1) is 30.8. The van der Waals surface area contributed by atoms with Crippen molar-refractivity contribution in [1.82, 2.24) is 0 Å². The van der Waals surface area contributed by atoms with E-state index in [4.69, 9.17) is 9.47 Å². The smallest absolute Gasteiger partial charge is 0.305 e. The first-order chi connectivity index (χ1) is 15.7. The molecular formula is C28H53O4+. The van der Waals surface area contributed by atoms with Crippen molar-refractivity contribution in [3.8, 4) is 0 Å². The molecule has 0 amide bonds. The first-order valence-corrected chi connectivity index (χ1v) is 13.8. The average Bonchev–Trinajstić information content (AvgIpc) is 2.79. The quantitative estimate of drug-likeness (QED) is 0.0789. The van der Waals surface area contributed by atoms with Gasteiger partial charge in [0, 0.05) is 12.8 Å². The minimum atomic E-state index is -0.109. The Morgan fingerprint density at radius 2 is 0.844 bits per heavy atom. The molecule has 4 nitrogen and oxygen atoms in total. The molecule has 188 valence electrons. The van der Waals surface area contributed by atoms with Crippen LogP contribution < -0.4 is 0 Å². The summed E-state index contributed by atoms with van der Waals surface area (Å²) in [6.45, 7) is 6.87. The summed E-state index contributed by atoms with van der Waals surface area (Å²) < 4.78 is 10.4. The van der Waals surface area contributed by atoms with Gasteiger partial charge in [-0.3, -0.25) is 9.59 Å². The molecule has 0 fully saturated rings. The highest BCUT2D eigenvalue weighted by atomic mass is 16.5. The maximum absolute atomic E-state index is 11.8. The van der Waals surface area contributed by atoms with Crippen molar-refractivity contribution in [3.63, 3.8) is 0 Å². The molecule has 0 rings (SSSR count). The van der Waals surface area contributed by atoms with Gasteiger partial charge >= 0.3 is 11.9 Å². The van der Waals surface area contributed by atoms with E-state index in [0.29, 0.717) is 26.1 Å². The molecule has 0 heterocycles. The van der Waals surface area contributed by atoms with Gasteiger partial charge in [0.15, 0.2) is 0 Å². The molecule has 0 bridgehead atoms. The predicted molar refractivity (Wildman–Crippen MR) is 135 cm³/mol. The van der Waals surface area contributed by atoms with Crippen molar-refractivity contribution in [2.24, 2.45) is 0 Å². The Bertz CT molecular complexity index is 408. The Morgan fingerprint density at radius 1 is 0.500 bits per heavy atom. The molecule has 0 saturated heterocycles. The average molecular weight is 454 g/mol. The zero-order valence-electron chi connectivity index (χ0n) is 21.3. The Labute approximate surface area is 199 Å². The standard InChI is InChI=1S/C28H53O4/c1-3-5-7-8-9-10-11-12-13-14-15-16-17-18-20-24-28(30)32-26-22-21-25-31-27(29)23-19-6-4-2/h1,3-26H2,2H3/q+1. The van der Waals surface area contributed by atoms with Gasteiger partial charge in [0.1, 0.15) is 0 Å². The van der Waals surface area contributed by atoms with E-state index >= 15 is 0 Å². The second-order valence-electron chi connectivity index (χ2n) is 9.16. The van der Waals surface area contributed by atoms with Crippen molar-refractivity contribution in [2.45, 2.75) is 148 Å². The summed E-state index contributed by atoms with van der Waals surface area (Å²) in [5.74, 6) is -0.199. The van der Waals surface area contributed by atoms with Crippen LogP contribution in [0.25, 0.3) is 0 Å². The number of ether oxygens (including phenoxy) is 2. The lowest BCUT2D eigenvalue weighted by molar-refractivity contribution is -0.146. The van der Waals surface area contributed by atoms with Crippen LogP contribution in [0.4, 0.5) is 0 Å². The Kier molecular flexibility index (Phi) is 25.1. The molecule has 0 atom stereocenters. The van der Waals surface area contributed by atoms with Crippen LogP contribution in [0.2, 0.25) is 0 Å². The Balaban J connectivity index is 3.21. The lowest BCUT2D eigenvalue weighted by atomic mass is 10.0. The molecule has 0 radical (unpaired) electrons. The number of hydrogen-bond acceptors (Lipinski definition) is 4. The van der Waals surface area contributed by atoms with Gasteiger partial charge < -0.3 is 9.47 Å². The molecule has 0 aliphatic carbocycles. The van der Waals surface area contributed by atoms with Gasteiger partial charge in [0.2, 0.25) is 0 Å². The molecule has 32 heavy (non-hydrogen) atoms. The summed E-state index contributed by atoms with van der Waals surface area (Å²) in [5, 5.41) is 0. The number of hydrogen-bond donors (Lipinski definition) is 0. The zero-order chi connectivity index (χ0) is 23.5. The van der Waals surface area contributed by atoms with Gasteiger partial charge in [-0.15, -0.1) is 0 Å².